The fraction of sp³-hybridized carbons (Fsp3) is 0.667. The lowest BCUT2D eigenvalue weighted by molar-refractivity contribution is 0.163. The fourth-order valence-corrected chi connectivity index (χ4v) is 3.36. The van der Waals surface area contributed by atoms with Crippen molar-refractivity contribution in [2.75, 3.05) is 13.1 Å². The van der Waals surface area contributed by atoms with Crippen molar-refractivity contribution < 1.29 is 0 Å². The van der Waals surface area contributed by atoms with Gasteiger partial charge in [0, 0.05) is 25.7 Å². The third-order valence-corrected chi connectivity index (χ3v) is 4.33. The van der Waals surface area contributed by atoms with Gasteiger partial charge in [0.1, 0.15) is 0 Å². The summed E-state index contributed by atoms with van der Waals surface area (Å²) >= 11 is 0. The van der Waals surface area contributed by atoms with Crippen LogP contribution in [-0.4, -0.2) is 24.0 Å². The number of hydrogen-bond donors (Lipinski definition) is 1. The van der Waals surface area contributed by atoms with E-state index in [1.165, 1.54) is 31.2 Å². The van der Waals surface area contributed by atoms with E-state index in [1.807, 2.05) is 0 Å². The molecule has 0 radical (unpaired) electrons. The predicted octanol–water partition coefficient (Wildman–Crippen LogP) is 3.66. The van der Waals surface area contributed by atoms with Crippen LogP contribution in [0.4, 0.5) is 0 Å². The summed E-state index contributed by atoms with van der Waals surface area (Å²) in [5.41, 5.74) is 7.74. The average Bonchev–Trinajstić information content (AvgIpc) is 2.42. The highest BCUT2D eigenvalue weighted by atomic mass is 15.1. The van der Waals surface area contributed by atoms with E-state index < -0.39 is 0 Å². The highest BCUT2D eigenvalue weighted by Gasteiger charge is 2.24. The molecule has 0 aliphatic heterocycles. The highest BCUT2D eigenvalue weighted by Crippen LogP contribution is 2.24. The van der Waals surface area contributed by atoms with Gasteiger partial charge < -0.3 is 5.73 Å². The Hall–Kier alpha value is -0.860. The van der Waals surface area contributed by atoms with Crippen molar-refractivity contribution in [3.8, 4) is 0 Å². The summed E-state index contributed by atoms with van der Waals surface area (Å²) in [6.07, 6.45) is 5.20. The van der Waals surface area contributed by atoms with Crippen LogP contribution in [0, 0.1) is 11.8 Å². The molecule has 20 heavy (non-hydrogen) atoms. The summed E-state index contributed by atoms with van der Waals surface area (Å²) < 4.78 is 0. The van der Waals surface area contributed by atoms with Gasteiger partial charge in [-0.15, -0.1) is 0 Å². The molecule has 2 N–H and O–H groups in total. The number of benzene rings is 1. The number of rotatable bonds is 6. The SMILES string of the molecule is CC(C)CN(Cc1ccccc1)C[C@H]1CCCC[C@@H]1N. The molecular weight excluding hydrogens is 244 g/mol. The molecule has 0 saturated heterocycles. The van der Waals surface area contributed by atoms with Crippen molar-refractivity contribution in [3.63, 3.8) is 0 Å². The Bertz CT molecular complexity index is 374. The summed E-state index contributed by atoms with van der Waals surface area (Å²) in [6, 6.07) is 11.2. The van der Waals surface area contributed by atoms with Gasteiger partial charge in [-0.25, -0.2) is 0 Å². The highest BCUT2D eigenvalue weighted by molar-refractivity contribution is 5.14. The normalized spacial score (nSPS) is 23.4. The van der Waals surface area contributed by atoms with Crippen LogP contribution in [0.15, 0.2) is 30.3 Å². The zero-order valence-electron chi connectivity index (χ0n) is 13.1. The number of hydrogen-bond acceptors (Lipinski definition) is 2. The second-order valence-corrected chi connectivity index (χ2v) is 6.78. The van der Waals surface area contributed by atoms with E-state index in [0.717, 1.165) is 19.6 Å². The van der Waals surface area contributed by atoms with E-state index in [9.17, 15) is 0 Å². The lowest BCUT2D eigenvalue weighted by Gasteiger charge is -2.34. The molecule has 0 unspecified atom stereocenters. The third-order valence-electron chi connectivity index (χ3n) is 4.33. The molecule has 0 spiro atoms. The molecule has 2 heteroatoms. The zero-order chi connectivity index (χ0) is 14.4. The minimum absolute atomic E-state index is 0.411. The molecule has 1 aromatic rings. The minimum atomic E-state index is 0.411. The first kappa shape index (κ1) is 15.5. The number of nitrogens with zero attached hydrogens (tertiary/aromatic N) is 1. The van der Waals surface area contributed by atoms with Crippen LogP contribution in [0.5, 0.6) is 0 Å². The monoisotopic (exact) mass is 274 g/mol. The summed E-state index contributed by atoms with van der Waals surface area (Å²) in [5.74, 6) is 1.39. The van der Waals surface area contributed by atoms with Gasteiger partial charge in [0.2, 0.25) is 0 Å². The fourth-order valence-electron chi connectivity index (χ4n) is 3.36. The Morgan fingerprint density at radius 1 is 1.15 bits per heavy atom. The van der Waals surface area contributed by atoms with Gasteiger partial charge in [0.25, 0.3) is 0 Å². The average molecular weight is 274 g/mol. The molecule has 2 atom stereocenters. The maximum absolute atomic E-state index is 6.32. The first-order valence-corrected chi connectivity index (χ1v) is 8.17. The van der Waals surface area contributed by atoms with E-state index in [4.69, 9.17) is 5.73 Å². The quantitative estimate of drug-likeness (QED) is 0.857. The first-order chi connectivity index (χ1) is 9.65. The van der Waals surface area contributed by atoms with Crippen molar-refractivity contribution in [2.45, 2.75) is 52.1 Å². The lowest BCUT2D eigenvalue weighted by atomic mass is 9.84. The topological polar surface area (TPSA) is 29.3 Å². The molecule has 0 heterocycles. The van der Waals surface area contributed by atoms with Gasteiger partial charge >= 0.3 is 0 Å². The summed E-state index contributed by atoms with van der Waals surface area (Å²) in [6.45, 7) is 7.99. The first-order valence-electron chi connectivity index (χ1n) is 8.17. The summed E-state index contributed by atoms with van der Waals surface area (Å²) in [5, 5.41) is 0. The number of nitrogens with two attached hydrogens (primary N) is 1. The van der Waals surface area contributed by atoms with Crippen molar-refractivity contribution in [3.05, 3.63) is 35.9 Å². The molecule has 0 amide bonds. The Kier molecular flexibility index (Phi) is 6.06. The minimum Gasteiger partial charge on any atom is -0.327 e. The van der Waals surface area contributed by atoms with Gasteiger partial charge in [-0.2, -0.15) is 0 Å². The van der Waals surface area contributed by atoms with Crippen LogP contribution in [0.25, 0.3) is 0 Å². The molecule has 0 aromatic heterocycles. The maximum atomic E-state index is 6.32. The van der Waals surface area contributed by atoms with Gasteiger partial charge in [-0.05, 0) is 30.2 Å². The van der Waals surface area contributed by atoms with Crippen LogP contribution in [0.2, 0.25) is 0 Å². The zero-order valence-corrected chi connectivity index (χ0v) is 13.1. The third kappa shape index (κ3) is 4.92. The van der Waals surface area contributed by atoms with E-state index in [0.29, 0.717) is 17.9 Å². The standard InChI is InChI=1S/C18H30N2/c1-15(2)12-20(13-16-8-4-3-5-9-16)14-17-10-6-7-11-18(17)19/h3-5,8-9,15,17-18H,6-7,10-14,19H2,1-2H3/t17-,18+/m1/s1. The van der Waals surface area contributed by atoms with E-state index in [-0.39, 0.29) is 0 Å². The van der Waals surface area contributed by atoms with Crippen LogP contribution in [-0.2, 0) is 6.54 Å². The predicted molar refractivity (Wildman–Crippen MR) is 86.5 cm³/mol. The second-order valence-electron chi connectivity index (χ2n) is 6.78. The van der Waals surface area contributed by atoms with Gasteiger partial charge in [0.15, 0.2) is 0 Å². The smallest absolute Gasteiger partial charge is 0.0233 e. The van der Waals surface area contributed by atoms with E-state index in [2.05, 4.69) is 49.1 Å². The summed E-state index contributed by atoms with van der Waals surface area (Å²) in [4.78, 5) is 2.61. The van der Waals surface area contributed by atoms with Gasteiger partial charge in [-0.1, -0.05) is 57.0 Å². The van der Waals surface area contributed by atoms with Crippen LogP contribution in [0.1, 0.15) is 45.1 Å². The van der Waals surface area contributed by atoms with Gasteiger partial charge in [-0.3, -0.25) is 4.90 Å². The van der Waals surface area contributed by atoms with E-state index >= 15 is 0 Å². The Balaban J connectivity index is 1.96. The molecule has 1 aliphatic carbocycles. The molecular formula is C18H30N2. The van der Waals surface area contributed by atoms with Crippen LogP contribution >= 0.6 is 0 Å². The molecule has 1 saturated carbocycles. The van der Waals surface area contributed by atoms with Gasteiger partial charge in [0.05, 0.1) is 0 Å². The largest absolute Gasteiger partial charge is 0.327 e. The Morgan fingerprint density at radius 2 is 1.85 bits per heavy atom. The van der Waals surface area contributed by atoms with Crippen molar-refractivity contribution >= 4 is 0 Å². The van der Waals surface area contributed by atoms with E-state index in [1.54, 1.807) is 0 Å². The molecule has 0 bridgehead atoms. The molecule has 1 aromatic carbocycles. The molecule has 1 fully saturated rings. The summed E-state index contributed by atoms with van der Waals surface area (Å²) in [7, 11) is 0. The molecule has 112 valence electrons. The Labute approximate surface area is 124 Å². The van der Waals surface area contributed by atoms with Crippen molar-refractivity contribution in [1.29, 1.82) is 0 Å². The van der Waals surface area contributed by atoms with Crippen molar-refractivity contribution in [1.82, 2.24) is 4.90 Å². The second kappa shape index (κ2) is 7.80. The van der Waals surface area contributed by atoms with Crippen molar-refractivity contribution in [2.24, 2.45) is 17.6 Å². The van der Waals surface area contributed by atoms with Crippen LogP contribution in [0.3, 0.4) is 0 Å². The molecule has 2 rings (SSSR count). The lowest BCUT2D eigenvalue weighted by Crippen LogP contribution is -2.42. The maximum Gasteiger partial charge on any atom is 0.0233 e. The molecule has 2 nitrogen and oxygen atoms in total. The Morgan fingerprint density at radius 3 is 2.50 bits per heavy atom. The molecule has 1 aliphatic rings. The van der Waals surface area contributed by atoms with Crippen LogP contribution < -0.4 is 5.73 Å².